The standard InChI is InChI=1S/C24H20N2O4/c1-25-21-13-6-4-11-19(21)24(23(25)28)26(20-12-5-3-8-17(20)15-30-24)22(27)16-9-7-10-18(14-16)29-2/h3-14H,15H2,1-2H3/t24-/m0/s1. The van der Waals surface area contributed by atoms with Crippen molar-refractivity contribution in [2.45, 2.75) is 12.3 Å². The van der Waals surface area contributed by atoms with Gasteiger partial charge in [0, 0.05) is 23.7 Å². The molecule has 5 rings (SSSR count). The topological polar surface area (TPSA) is 59.1 Å². The molecule has 0 radical (unpaired) electrons. The molecule has 150 valence electrons. The van der Waals surface area contributed by atoms with Crippen molar-refractivity contribution in [1.82, 2.24) is 0 Å². The van der Waals surface area contributed by atoms with Crippen LogP contribution in [0.15, 0.2) is 72.8 Å². The van der Waals surface area contributed by atoms with Crippen molar-refractivity contribution in [3.63, 3.8) is 0 Å². The van der Waals surface area contributed by atoms with E-state index in [0.717, 1.165) is 11.3 Å². The maximum absolute atomic E-state index is 13.9. The molecule has 0 aromatic heterocycles. The van der Waals surface area contributed by atoms with Crippen LogP contribution in [0.2, 0.25) is 0 Å². The Bertz CT molecular complexity index is 1180. The van der Waals surface area contributed by atoms with Gasteiger partial charge < -0.3 is 14.4 Å². The van der Waals surface area contributed by atoms with Crippen molar-refractivity contribution in [2.24, 2.45) is 0 Å². The maximum Gasteiger partial charge on any atom is 0.285 e. The zero-order valence-corrected chi connectivity index (χ0v) is 16.7. The third-order valence-corrected chi connectivity index (χ3v) is 5.73. The highest BCUT2D eigenvalue weighted by Crippen LogP contribution is 2.50. The summed E-state index contributed by atoms with van der Waals surface area (Å²) >= 11 is 0. The molecule has 30 heavy (non-hydrogen) atoms. The summed E-state index contributed by atoms with van der Waals surface area (Å²) in [6, 6.07) is 21.9. The Morgan fingerprint density at radius 2 is 1.73 bits per heavy atom. The number of rotatable bonds is 2. The molecule has 0 aliphatic carbocycles. The van der Waals surface area contributed by atoms with Crippen LogP contribution in [0.3, 0.4) is 0 Å². The van der Waals surface area contributed by atoms with E-state index in [1.165, 1.54) is 4.90 Å². The van der Waals surface area contributed by atoms with Crippen LogP contribution in [-0.4, -0.2) is 26.0 Å². The van der Waals surface area contributed by atoms with Gasteiger partial charge in [-0.3, -0.25) is 14.5 Å². The Morgan fingerprint density at radius 1 is 1.00 bits per heavy atom. The number of anilines is 2. The number of hydrogen-bond acceptors (Lipinski definition) is 4. The van der Waals surface area contributed by atoms with Crippen molar-refractivity contribution in [3.8, 4) is 5.75 Å². The van der Waals surface area contributed by atoms with Crippen molar-refractivity contribution < 1.29 is 19.1 Å². The Morgan fingerprint density at radius 3 is 2.53 bits per heavy atom. The first-order valence-corrected chi connectivity index (χ1v) is 9.66. The first-order valence-electron chi connectivity index (χ1n) is 9.66. The fourth-order valence-corrected chi connectivity index (χ4v) is 4.27. The van der Waals surface area contributed by atoms with Gasteiger partial charge in [0.25, 0.3) is 17.5 Å². The highest BCUT2D eigenvalue weighted by Gasteiger charge is 2.59. The van der Waals surface area contributed by atoms with Crippen LogP contribution >= 0.6 is 0 Å². The second kappa shape index (κ2) is 6.71. The van der Waals surface area contributed by atoms with E-state index in [9.17, 15) is 9.59 Å². The van der Waals surface area contributed by atoms with Gasteiger partial charge in [0.05, 0.1) is 25.1 Å². The quantitative estimate of drug-likeness (QED) is 0.658. The predicted octanol–water partition coefficient (Wildman–Crippen LogP) is 3.70. The van der Waals surface area contributed by atoms with E-state index in [0.29, 0.717) is 22.6 Å². The van der Waals surface area contributed by atoms with Crippen molar-refractivity contribution in [1.29, 1.82) is 0 Å². The van der Waals surface area contributed by atoms with Gasteiger partial charge in [-0.1, -0.05) is 42.5 Å². The SMILES string of the molecule is COc1cccc(C(=O)N2c3ccccc3CO[C@@]23C(=O)N(C)c2ccccc23)c1. The van der Waals surface area contributed by atoms with E-state index >= 15 is 0 Å². The third-order valence-electron chi connectivity index (χ3n) is 5.73. The largest absolute Gasteiger partial charge is 0.497 e. The summed E-state index contributed by atoms with van der Waals surface area (Å²) in [7, 11) is 3.25. The summed E-state index contributed by atoms with van der Waals surface area (Å²) in [5.74, 6) is -0.0645. The lowest BCUT2D eigenvalue weighted by atomic mass is 9.96. The smallest absolute Gasteiger partial charge is 0.285 e. The molecule has 0 unspecified atom stereocenters. The number of para-hydroxylation sites is 2. The Kier molecular flexibility index (Phi) is 4.11. The number of nitrogens with zero attached hydrogens (tertiary/aromatic N) is 2. The second-order valence-corrected chi connectivity index (χ2v) is 7.32. The van der Waals surface area contributed by atoms with E-state index in [4.69, 9.17) is 9.47 Å². The van der Waals surface area contributed by atoms with Gasteiger partial charge in [-0.05, 0) is 30.3 Å². The van der Waals surface area contributed by atoms with E-state index in [1.807, 2.05) is 48.5 Å². The lowest BCUT2D eigenvalue weighted by Crippen LogP contribution is -2.59. The molecular formula is C24H20N2O4. The van der Waals surface area contributed by atoms with Gasteiger partial charge in [0.2, 0.25) is 0 Å². The molecule has 2 amide bonds. The summed E-state index contributed by atoms with van der Waals surface area (Å²) in [5.41, 5.74) is 1.75. The van der Waals surface area contributed by atoms with Crippen molar-refractivity contribution >= 4 is 23.2 Å². The number of methoxy groups -OCH3 is 1. The lowest BCUT2D eigenvalue weighted by molar-refractivity contribution is -0.146. The minimum absolute atomic E-state index is 0.228. The van der Waals surface area contributed by atoms with Crippen LogP contribution in [0.4, 0.5) is 11.4 Å². The van der Waals surface area contributed by atoms with E-state index in [2.05, 4.69) is 0 Å². The Balaban J connectivity index is 1.76. The van der Waals surface area contributed by atoms with Crippen LogP contribution in [0, 0.1) is 0 Å². The van der Waals surface area contributed by atoms with Gasteiger partial charge in [0.15, 0.2) is 0 Å². The molecule has 6 nitrogen and oxygen atoms in total. The van der Waals surface area contributed by atoms with E-state index < -0.39 is 5.72 Å². The Hall–Kier alpha value is -3.64. The number of hydrogen-bond donors (Lipinski definition) is 0. The number of ether oxygens (including phenoxy) is 2. The first-order chi connectivity index (χ1) is 14.6. The first kappa shape index (κ1) is 18.4. The Labute approximate surface area is 174 Å². The maximum atomic E-state index is 13.9. The normalized spacial score (nSPS) is 19.6. The zero-order valence-electron chi connectivity index (χ0n) is 16.7. The number of carbonyl (C=O) groups is 2. The van der Waals surface area contributed by atoms with Crippen LogP contribution in [-0.2, 0) is 21.9 Å². The molecule has 3 aromatic rings. The zero-order chi connectivity index (χ0) is 20.9. The number of benzene rings is 3. The van der Waals surface area contributed by atoms with Gasteiger partial charge in [-0.2, -0.15) is 0 Å². The molecule has 0 saturated heterocycles. The summed E-state index contributed by atoms with van der Waals surface area (Å²) in [5, 5.41) is 0. The van der Waals surface area contributed by atoms with Crippen LogP contribution < -0.4 is 14.5 Å². The molecule has 1 spiro atoms. The average molecular weight is 400 g/mol. The van der Waals surface area contributed by atoms with Gasteiger partial charge in [-0.25, -0.2) is 0 Å². The summed E-state index contributed by atoms with van der Waals surface area (Å²) < 4.78 is 11.6. The molecule has 2 aliphatic rings. The lowest BCUT2D eigenvalue weighted by Gasteiger charge is -2.43. The van der Waals surface area contributed by atoms with Crippen LogP contribution in [0.25, 0.3) is 0 Å². The summed E-state index contributed by atoms with van der Waals surface area (Å²) in [4.78, 5) is 30.5. The number of amides is 2. The van der Waals surface area contributed by atoms with E-state index in [-0.39, 0.29) is 18.4 Å². The average Bonchev–Trinajstić information content (AvgIpc) is 3.01. The molecule has 6 heteroatoms. The van der Waals surface area contributed by atoms with Crippen LogP contribution in [0.5, 0.6) is 5.75 Å². The highest BCUT2D eigenvalue weighted by molar-refractivity contribution is 6.17. The summed E-state index contributed by atoms with van der Waals surface area (Å²) in [6.07, 6.45) is 0. The molecule has 3 aromatic carbocycles. The number of likely N-dealkylation sites (N-methyl/N-ethyl adjacent to an activating group) is 1. The molecule has 0 fully saturated rings. The van der Waals surface area contributed by atoms with E-state index in [1.54, 1.807) is 43.3 Å². The fourth-order valence-electron chi connectivity index (χ4n) is 4.27. The minimum Gasteiger partial charge on any atom is -0.497 e. The van der Waals surface area contributed by atoms with Gasteiger partial charge in [0.1, 0.15) is 5.75 Å². The predicted molar refractivity (Wildman–Crippen MR) is 113 cm³/mol. The highest BCUT2D eigenvalue weighted by atomic mass is 16.5. The molecular weight excluding hydrogens is 380 g/mol. The van der Waals surface area contributed by atoms with Gasteiger partial charge >= 0.3 is 0 Å². The number of carbonyl (C=O) groups excluding carboxylic acids is 2. The fraction of sp³-hybridized carbons (Fsp3) is 0.167. The third kappa shape index (κ3) is 2.40. The minimum atomic E-state index is -1.56. The van der Waals surface area contributed by atoms with Crippen molar-refractivity contribution in [3.05, 3.63) is 89.5 Å². The molecule has 0 N–H and O–H groups in total. The second-order valence-electron chi connectivity index (χ2n) is 7.32. The van der Waals surface area contributed by atoms with Crippen molar-refractivity contribution in [2.75, 3.05) is 24.0 Å². The summed E-state index contributed by atoms with van der Waals surface area (Å²) in [6.45, 7) is 0.228. The molecule has 2 heterocycles. The van der Waals surface area contributed by atoms with Crippen LogP contribution in [0.1, 0.15) is 21.5 Å². The number of fused-ring (bicyclic) bond motifs is 3. The molecule has 2 aliphatic heterocycles. The monoisotopic (exact) mass is 400 g/mol. The molecule has 0 saturated carbocycles. The van der Waals surface area contributed by atoms with Gasteiger partial charge in [-0.15, -0.1) is 0 Å². The molecule has 1 atom stereocenters. The molecule has 0 bridgehead atoms.